The Morgan fingerprint density at radius 1 is 1.60 bits per heavy atom. The highest BCUT2D eigenvalue weighted by Gasteiger charge is 2.21. The van der Waals surface area contributed by atoms with Crippen molar-refractivity contribution in [3.05, 3.63) is 0 Å². The molecule has 1 fully saturated rings. The molecule has 1 aliphatic rings. The number of methoxy groups -OCH3 is 1. The zero-order valence-corrected chi connectivity index (χ0v) is 6.86. The minimum absolute atomic E-state index is 0. The summed E-state index contributed by atoms with van der Waals surface area (Å²) in [4.78, 5) is 0. The number of aliphatic hydroxyl groups is 1. The molecule has 0 aromatic heterocycles. The van der Waals surface area contributed by atoms with E-state index in [-0.39, 0.29) is 24.6 Å². The lowest BCUT2D eigenvalue weighted by atomic mass is 10.1. The maximum Gasteiger partial charge on any atom is 0.0954 e. The Labute approximate surface area is 67.2 Å². The van der Waals surface area contributed by atoms with Crippen molar-refractivity contribution in [1.82, 2.24) is 5.32 Å². The second-order valence-corrected chi connectivity index (χ2v) is 2.33. The van der Waals surface area contributed by atoms with Crippen LogP contribution in [-0.2, 0) is 4.74 Å². The van der Waals surface area contributed by atoms with Crippen LogP contribution < -0.4 is 5.32 Å². The first-order valence-electron chi connectivity index (χ1n) is 3.26. The van der Waals surface area contributed by atoms with Crippen LogP contribution in [0.15, 0.2) is 0 Å². The molecule has 0 bridgehead atoms. The summed E-state index contributed by atoms with van der Waals surface area (Å²) in [6, 6.07) is 0. The maximum atomic E-state index is 9.20. The Hall–Kier alpha value is 0.170. The van der Waals surface area contributed by atoms with Gasteiger partial charge in [0.2, 0.25) is 0 Å². The first-order valence-corrected chi connectivity index (χ1v) is 3.26. The van der Waals surface area contributed by atoms with E-state index in [1.165, 1.54) is 0 Å². The van der Waals surface area contributed by atoms with Crippen molar-refractivity contribution in [3.63, 3.8) is 0 Å². The second-order valence-electron chi connectivity index (χ2n) is 2.33. The summed E-state index contributed by atoms with van der Waals surface area (Å²) in [5, 5.41) is 12.3. The van der Waals surface area contributed by atoms with E-state index in [1.807, 2.05) is 0 Å². The molecule has 0 aromatic rings. The summed E-state index contributed by atoms with van der Waals surface area (Å²) in [6.07, 6.45) is 0.536. The van der Waals surface area contributed by atoms with E-state index in [2.05, 4.69) is 5.32 Å². The fourth-order valence-corrected chi connectivity index (χ4v) is 1.06. The fourth-order valence-electron chi connectivity index (χ4n) is 1.06. The smallest absolute Gasteiger partial charge is 0.0954 e. The van der Waals surface area contributed by atoms with Crippen LogP contribution in [-0.4, -0.2) is 37.5 Å². The van der Waals surface area contributed by atoms with Gasteiger partial charge in [-0.05, 0) is 13.0 Å². The van der Waals surface area contributed by atoms with E-state index in [1.54, 1.807) is 7.11 Å². The van der Waals surface area contributed by atoms with Crippen LogP contribution in [0.25, 0.3) is 0 Å². The number of piperidine rings is 1. The van der Waals surface area contributed by atoms with Crippen molar-refractivity contribution in [2.45, 2.75) is 18.6 Å². The van der Waals surface area contributed by atoms with Gasteiger partial charge in [0, 0.05) is 13.7 Å². The summed E-state index contributed by atoms with van der Waals surface area (Å²) >= 11 is 0. The number of aliphatic hydroxyl groups excluding tert-OH is 1. The van der Waals surface area contributed by atoms with Crippen molar-refractivity contribution in [1.29, 1.82) is 0 Å². The molecule has 1 rings (SSSR count). The molecule has 3 nitrogen and oxygen atoms in total. The second kappa shape index (κ2) is 4.91. The number of hydrogen-bond donors (Lipinski definition) is 2. The normalized spacial score (nSPS) is 33.0. The van der Waals surface area contributed by atoms with Crippen LogP contribution in [0.4, 0.5) is 0 Å². The molecule has 1 saturated heterocycles. The summed E-state index contributed by atoms with van der Waals surface area (Å²) in [7, 11) is 1.63. The van der Waals surface area contributed by atoms with Crippen molar-refractivity contribution < 1.29 is 9.84 Å². The van der Waals surface area contributed by atoms with Gasteiger partial charge in [0.15, 0.2) is 0 Å². The number of ether oxygens (including phenoxy) is 1. The minimum atomic E-state index is -0.267. The Bertz CT molecular complexity index is 91.8. The van der Waals surface area contributed by atoms with Gasteiger partial charge < -0.3 is 15.2 Å². The van der Waals surface area contributed by atoms with E-state index >= 15 is 0 Å². The van der Waals surface area contributed by atoms with Crippen LogP contribution in [0.5, 0.6) is 0 Å². The van der Waals surface area contributed by atoms with Gasteiger partial charge in [0.1, 0.15) is 0 Å². The Kier molecular flexibility index (Phi) is 4.99. The van der Waals surface area contributed by atoms with Gasteiger partial charge in [-0.25, -0.2) is 0 Å². The molecule has 0 aromatic carbocycles. The van der Waals surface area contributed by atoms with Gasteiger partial charge in [-0.15, -0.1) is 12.4 Å². The van der Waals surface area contributed by atoms with Crippen LogP contribution >= 0.6 is 12.4 Å². The predicted molar refractivity (Wildman–Crippen MR) is 41.5 cm³/mol. The van der Waals surface area contributed by atoms with Gasteiger partial charge in [-0.1, -0.05) is 0 Å². The molecule has 1 heterocycles. The summed E-state index contributed by atoms with van der Waals surface area (Å²) in [5.74, 6) is 0. The topological polar surface area (TPSA) is 41.5 Å². The highest BCUT2D eigenvalue weighted by atomic mass is 35.5. The molecule has 0 radical (unpaired) electrons. The molecular weight excluding hydrogens is 154 g/mol. The highest BCUT2D eigenvalue weighted by molar-refractivity contribution is 5.85. The van der Waals surface area contributed by atoms with Gasteiger partial charge in [-0.2, -0.15) is 0 Å². The van der Waals surface area contributed by atoms with Crippen molar-refractivity contribution >= 4 is 12.4 Å². The number of rotatable bonds is 1. The first kappa shape index (κ1) is 10.2. The first-order chi connectivity index (χ1) is 4.34. The monoisotopic (exact) mass is 167 g/mol. The third kappa shape index (κ3) is 2.42. The molecule has 2 N–H and O–H groups in total. The average Bonchev–Trinajstić information content (AvgIpc) is 1.89. The van der Waals surface area contributed by atoms with Crippen LogP contribution in [0.3, 0.4) is 0 Å². The van der Waals surface area contributed by atoms with E-state index in [0.717, 1.165) is 19.5 Å². The van der Waals surface area contributed by atoms with Gasteiger partial charge in [0.05, 0.1) is 12.2 Å². The van der Waals surface area contributed by atoms with Crippen LogP contribution in [0.1, 0.15) is 6.42 Å². The molecule has 10 heavy (non-hydrogen) atoms. The molecular formula is C6H14ClNO2. The molecule has 4 heteroatoms. The van der Waals surface area contributed by atoms with Crippen LogP contribution in [0, 0.1) is 0 Å². The number of halogens is 1. The Morgan fingerprint density at radius 3 is 2.70 bits per heavy atom. The van der Waals surface area contributed by atoms with E-state index in [9.17, 15) is 5.11 Å². The zero-order chi connectivity index (χ0) is 6.69. The number of hydrogen-bond acceptors (Lipinski definition) is 3. The summed E-state index contributed by atoms with van der Waals surface area (Å²) < 4.78 is 4.99. The quantitative estimate of drug-likeness (QED) is 0.568. The SMILES string of the molecule is COC1CNCCC1O.Cl. The van der Waals surface area contributed by atoms with Crippen LogP contribution in [0.2, 0.25) is 0 Å². The van der Waals surface area contributed by atoms with Crippen molar-refractivity contribution in [2.24, 2.45) is 0 Å². The summed E-state index contributed by atoms with van der Waals surface area (Å²) in [6.45, 7) is 1.68. The number of nitrogens with one attached hydrogen (secondary N) is 1. The van der Waals surface area contributed by atoms with Gasteiger partial charge in [-0.3, -0.25) is 0 Å². The Morgan fingerprint density at radius 2 is 2.30 bits per heavy atom. The largest absolute Gasteiger partial charge is 0.390 e. The van der Waals surface area contributed by atoms with E-state index in [0.29, 0.717) is 0 Å². The third-order valence-corrected chi connectivity index (χ3v) is 1.69. The molecule has 0 saturated carbocycles. The average molecular weight is 168 g/mol. The highest BCUT2D eigenvalue weighted by Crippen LogP contribution is 2.05. The maximum absolute atomic E-state index is 9.20. The lowest BCUT2D eigenvalue weighted by molar-refractivity contribution is -0.0273. The third-order valence-electron chi connectivity index (χ3n) is 1.69. The molecule has 62 valence electrons. The van der Waals surface area contributed by atoms with E-state index in [4.69, 9.17) is 4.74 Å². The fraction of sp³-hybridized carbons (Fsp3) is 1.00. The van der Waals surface area contributed by atoms with Gasteiger partial charge >= 0.3 is 0 Å². The van der Waals surface area contributed by atoms with E-state index < -0.39 is 0 Å². The minimum Gasteiger partial charge on any atom is -0.390 e. The Balaban J connectivity index is 0.000000810. The van der Waals surface area contributed by atoms with Crippen molar-refractivity contribution in [3.8, 4) is 0 Å². The molecule has 2 atom stereocenters. The zero-order valence-electron chi connectivity index (χ0n) is 6.04. The van der Waals surface area contributed by atoms with Crippen molar-refractivity contribution in [2.75, 3.05) is 20.2 Å². The molecule has 0 amide bonds. The standard InChI is InChI=1S/C6H13NO2.ClH/c1-9-6-4-7-3-2-5(6)8;/h5-8H,2-4H2,1H3;1H. The molecule has 1 aliphatic heterocycles. The molecule has 2 unspecified atom stereocenters. The lowest BCUT2D eigenvalue weighted by Crippen LogP contribution is -2.44. The molecule has 0 spiro atoms. The lowest BCUT2D eigenvalue weighted by Gasteiger charge is -2.26. The predicted octanol–water partition coefficient (Wildman–Crippen LogP) is -0.223. The van der Waals surface area contributed by atoms with Gasteiger partial charge in [0.25, 0.3) is 0 Å². The summed E-state index contributed by atoms with van der Waals surface area (Å²) in [5.41, 5.74) is 0. The molecule has 0 aliphatic carbocycles.